The van der Waals surface area contributed by atoms with Crippen molar-refractivity contribution in [2.24, 2.45) is 11.7 Å². The minimum atomic E-state index is 0.179. The number of hydrogen-bond donors (Lipinski definition) is 2. The lowest BCUT2D eigenvalue weighted by atomic mass is 9.76. The van der Waals surface area contributed by atoms with Gasteiger partial charge in [-0.25, -0.2) is 0 Å². The first-order chi connectivity index (χ1) is 4.81. The van der Waals surface area contributed by atoms with Gasteiger partial charge in [-0.05, 0) is 25.3 Å². The lowest BCUT2D eigenvalue weighted by molar-refractivity contribution is 0.247. The molecule has 2 rings (SSSR count). The standard InChI is InChI=1S/C8H16N2/c9-8-4-2-1-3-7(8)5-10-6-8/h7,10H,1-6,9H2/t7-,8+/m0/s1. The minimum absolute atomic E-state index is 0.179. The van der Waals surface area contributed by atoms with Crippen molar-refractivity contribution >= 4 is 0 Å². The van der Waals surface area contributed by atoms with Crippen molar-refractivity contribution in [3.8, 4) is 0 Å². The number of fused-ring (bicyclic) bond motifs is 1. The lowest BCUT2D eigenvalue weighted by Gasteiger charge is -2.34. The van der Waals surface area contributed by atoms with Crippen LogP contribution >= 0.6 is 0 Å². The Morgan fingerprint density at radius 2 is 2.30 bits per heavy atom. The average molecular weight is 140 g/mol. The van der Waals surface area contributed by atoms with Gasteiger partial charge in [0.25, 0.3) is 0 Å². The lowest BCUT2D eigenvalue weighted by Crippen LogP contribution is -2.49. The maximum absolute atomic E-state index is 6.20. The summed E-state index contributed by atoms with van der Waals surface area (Å²) in [6.45, 7) is 2.22. The second kappa shape index (κ2) is 2.21. The molecule has 3 N–H and O–H groups in total. The zero-order valence-electron chi connectivity index (χ0n) is 6.40. The van der Waals surface area contributed by atoms with E-state index in [1.807, 2.05) is 0 Å². The Balaban J connectivity index is 2.10. The van der Waals surface area contributed by atoms with Crippen LogP contribution in [0.15, 0.2) is 0 Å². The van der Waals surface area contributed by atoms with Gasteiger partial charge in [-0.1, -0.05) is 12.8 Å². The fourth-order valence-corrected chi connectivity index (χ4v) is 2.35. The summed E-state index contributed by atoms with van der Waals surface area (Å²) in [6, 6.07) is 0. The summed E-state index contributed by atoms with van der Waals surface area (Å²) in [5.74, 6) is 0.779. The molecule has 2 fully saturated rings. The van der Waals surface area contributed by atoms with E-state index in [1.54, 1.807) is 0 Å². The zero-order valence-corrected chi connectivity index (χ0v) is 6.40. The molecular formula is C8H16N2. The van der Waals surface area contributed by atoms with E-state index in [4.69, 9.17) is 5.73 Å². The Labute approximate surface area is 62.2 Å². The van der Waals surface area contributed by atoms with Gasteiger partial charge in [0.1, 0.15) is 0 Å². The number of nitrogens with two attached hydrogens (primary N) is 1. The molecule has 10 heavy (non-hydrogen) atoms. The van der Waals surface area contributed by atoms with Gasteiger partial charge in [0.05, 0.1) is 0 Å². The molecule has 0 bridgehead atoms. The summed E-state index contributed by atoms with van der Waals surface area (Å²) in [6.07, 6.45) is 5.33. The molecule has 0 aromatic carbocycles. The fourth-order valence-electron chi connectivity index (χ4n) is 2.35. The number of nitrogens with one attached hydrogen (secondary N) is 1. The van der Waals surface area contributed by atoms with Gasteiger partial charge in [0.15, 0.2) is 0 Å². The van der Waals surface area contributed by atoms with Crippen LogP contribution < -0.4 is 11.1 Å². The SMILES string of the molecule is N[C@@]12CCCC[C@H]1CNC2. The third-order valence-electron chi connectivity index (χ3n) is 3.10. The third kappa shape index (κ3) is 0.867. The molecule has 1 heterocycles. The highest BCUT2D eigenvalue weighted by Gasteiger charge is 2.40. The Morgan fingerprint density at radius 3 is 3.10 bits per heavy atom. The predicted octanol–water partition coefficient (Wildman–Crippen LogP) is 0.477. The zero-order chi connectivity index (χ0) is 7.03. The fraction of sp³-hybridized carbons (Fsp3) is 1.00. The smallest absolute Gasteiger partial charge is 0.0321 e. The van der Waals surface area contributed by atoms with E-state index < -0.39 is 0 Å². The summed E-state index contributed by atoms with van der Waals surface area (Å²) in [7, 11) is 0. The summed E-state index contributed by atoms with van der Waals surface area (Å²) in [4.78, 5) is 0. The molecule has 2 aliphatic rings. The third-order valence-corrected chi connectivity index (χ3v) is 3.10. The summed E-state index contributed by atoms with van der Waals surface area (Å²) >= 11 is 0. The second-order valence-corrected chi connectivity index (χ2v) is 3.81. The molecule has 0 spiro atoms. The molecule has 1 saturated carbocycles. The molecule has 0 amide bonds. The van der Waals surface area contributed by atoms with Crippen molar-refractivity contribution in [2.75, 3.05) is 13.1 Å². The molecule has 1 aliphatic carbocycles. The maximum Gasteiger partial charge on any atom is 0.0321 e. The highest BCUT2D eigenvalue weighted by Crippen LogP contribution is 2.33. The van der Waals surface area contributed by atoms with Crippen LogP contribution in [0, 0.1) is 5.92 Å². The van der Waals surface area contributed by atoms with E-state index in [0.717, 1.165) is 19.0 Å². The molecular weight excluding hydrogens is 124 g/mol. The van der Waals surface area contributed by atoms with Gasteiger partial charge >= 0.3 is 0 Å². The largest absolute Gasteiger partial charge is 0.324 e. The Kier molecular flexibility index (Phi) is 1.46. The van der Waals surface area contributed by atoms with Gasteiger partial charge in [0.2, 0.25) is 0 Å². The van der Waals surface area contributed by atoms with Crippen LogP contribution in [0.2, 0.25) is 0 Å². The van der Waals surface area contributed by atoms with E-state index in [-0.39, 0.29) is 5.54 Å². The van der Waals surface area contributed by atoms with Crippen molar-refractivity contribution in [3.63, 3.8) is 0 Å². The normalized spacial score (nSPS) is 47.1. The topological polar surface area (TPSA) is 38.0 Å². The molecule has 0 aromatic heterocycles. The van der Waals surface area contributed by atoms with Gasteiger partial charge in [-0.3, -0.25) is 0 Å². The molecule has 2 heteroatoms. The molecule has 2 nitrogen and oxygen atoms in total. The van der Waals surface area contributed by atoms with Crippen LogP contribution in [0.3, 0.4) is 0 Å². The minimum Gasteiger partial charge on any atom is -0.324 e. The van der Waals surface area contributed by atoms with Gasteiger partial charge < -0.3 is 11.1 Å². The van der Waals surface area contributed by atoms with Crippen LogP contribution in [-0.4, -0.2) is 18.6 Å². The number of rotatable bonds is 0. The Morgan fingerprint density at radius 1 is 1.40 bits per heavy atom. The van der Waals surface area contributed by atoms with Crippen molar-refractivity contribution in [1.82, 2.24) is 5.32 Å². The molecule has 0 radical (unpaired) electrons. The van der Waals surface area contributed by atoms with Crippen molar-refractivity contribution in [3.05, 3.63) is 0 Å². The van der Waals surface area contributed by atoms with Gasteiger partial charge in [-0.15, -0.1) is 0 Å². The first-order valence-corrected chi connectivity index (χ1v) is 4.31. The van der Waals surface area contributed by atoms with E-state index >= 15 is 0 Å². The maximum atomic E-state index is 6.20. The molecule has 0 aromatic rings. The van der Waals surface area contributed by atoms with Crippen molar-refractivity contribution in [1.29, 1.82) is 0 Å². The molecule has 2 atom stereocenters. The van der Waals surface area contributed by atoms with Crippen molar-refractivity contribution in [2.45, 2.75) is 31.2 Å². The quantitative estimate of drug-likeness (QED) is 0.513. The summed E-state index contributed by atoms with van der Waals surface area (Å²) in [5, 5.41) is 3.38. The van der Waals surface area contributed by atoms with E-state index in [9.17, 15) is 0 Å². The second-order valence-electron chi connectivity index (χ2n) is 3.81. The first kappa shape index (κ1) is 6.62. The highest BCUT2D eigenvalue weighted by molar-refractivity contribution is 5.01. The van der Waals surface area contributed by atoms with Crippen LogP contribution in [0.1, 0.15) is 25.7 Å². The molecule has 58 valence electrons. The van der Waals surface area contributed by atoms with Gasteiger partial charge in [-0.2, -0.15) is 0 Å². The van der Waals surface area contributed by atoms with Crippen LogP contribution in [0.4, 0.5) is 0 Å². The monoisotopic (exact) mass is 140 g/mol. The van der Waals surface area contributed by atoms with Crippen LogP contribution in [0.25, 0.3) is 0 Å². The van der Waals surface area contributed by atoms with Gasteiger partial charge in [0, 0.05) is 12.1 Å². The average Bonchev–Trinajstić information content (AvgIpc) is 2.29. The number of hydrogen-bond acceptors (Lipinski definition) is 2. The molecule has 1 aliphatic heterocycles. The Bertz CT molecular complexity index is 135. The summed E-state index contributed by atoms with van der Waals surface area (Å²) in [5.41, 5.74) is 6.38. The highest BCUT2D eigenvalue weighted by atomic mass is 15.0. The van der Waals surface area contributed by atoms with E-state index in [0.29, 0.717) is 0 Å². The van der Waals surface area contributed by atoms with Crippen LogP contribution in [0.5, 0.6) is 0 Å². The van der Waals surface area contributed by atoms with Crippen LogP contribution in [-0.2, 0) is 0 Å². The molecule has 0 unspecified atom stereocenters. The molecule has 1 saturated heterocycles. The first-order valence-electron chi connectivity index (χ1n) is 4.31. The van der Waals surface area contributed by atoms with E-state index in [2.05, 4.69) is 5.32 Å². The summed E-state index contributed by atoms with van der Waals surface area (Å²) < 4.78 is 0. The van der Waals surface area contributed by atoms with E-state index in [1.165, 1.54) is 25.7 Å². The van der Waals surface area contributed by atoms with Crippen molar-refractivity contribution < 1.29 is 0 Å². The Hall–Kier alpha value is -0.0800. The predicted molar refractivity (Wildman–Crippen MR) is 41.7 cm³/mol.